The Bertz CT molecular complexity index is 431. The van der Waals surface area contributed by atoms with Crippen molar-refractivity contribution in [2.45, 2.75) is 12.5 Å². The standard InChI is InChI=1S/C10H10F3NO3/c1-17-9(16)6-2-5(8(14)15)3-7(4-6)10(11,12)13/h2-4,9,16H,1H3,(H2,14,15). The fourth-order valence-electron chi connectivity index (χ4n) is 1.24. The fraction of sp³-hybridized carbons (Fsp3) is 0.300. The van der Waals surface area contributed by atoms with Gasteiger partial charge in [0.05, 0.1) is 5.56 Å². The summed E-state index contributed by atoms with van der Waals surface area (Å²) in [5, 5.41) is 9.28. The molecule has 1 aromatic carbocycles. The Labute approximate surface area is 94.8 Å². The van der Waals surface area contributed by atoms with E-state index in [1.54, 1.807) is 0 Å². The average Bonchev–Trinajstić information content (AvgIpc) is 2.26. The highest BCUT2D eigenvalue weighted by Crippen LogP contribution is 2.32. The first-order valence-corrected chi connectivity index (χ1v) is 4.48. The van der Waals surface area contributed by atoms with Crippen molar-refractivity contribution < 1.29 is 27.8 Å². The van der Waals surface area contributed by atoms with Gasteiger partial charge in [-0.15, -0.1) is 0 Å². The number of benzene rings is 1. The Morgan fingerprint density at radius 3 is 2.41 bits per heavy atom. The smallest absolute Gasteiger partial charge is 0.366 e. The van der Waals surface area contributed by atoms with Crippen LogP contribution in [0.15, 0.2) is 18.2 Å². The van der Waals surface area contributed by atoms with Crippen LogP contribution in [0, 0.1) is 0 Å². The zero-order chi connectivity index (χ0) is 13.2. The van der Waals surface area contributed by atoms with Gasteiger partial charge in [0, 0.05) is 18.2 Å². The molecular formula is C10H10F3NO3. The van der Waals surface area contributed by atoms with Crippen molar-refractivity contribution >= 4 is 5.91 Å². The summed E-state index contributed by atoms with van der Waals surface area (Å²) in [5.41, 5.74) is 3.31. The number of carbonyl (C=O) groups is 1. The molecule has 0 bridgehead atoms. The summed E-state index contributed by atoms with van der Waals surface area (Å²) in [7, 11) is 1.12. The number of halogens is 3. The highest BCUT2D eigenvalue weighted by Gasteiger charge is 2.32. The summed E-state index contributed by atoms with van der Waals surface area (Å²) >= 11 is 0. The molecule has 4 nitrogen and oxygen atoms in total. The average molecular weight is 249 g/mol. The molecule has 0 aromatic heterocycles. The van der Waals surface area contributed by atoms with E-state index in [-0.39, 0.29) is 11.1 Å². The van der Waals surface area contributed by atoms with Gasteiger partial charge >= 0.3 is 6.18 Å². The quantitative estimate of drug-likeness (QED) is 0.796. The van der Waals surface area contributed by atoms with Crippen LogP contribution < -0.4 is 5.73 Å². The molecule has 94 valence electrons. The highest BCUT2D eigenvalue weighted by atomic mass is 19.4. The van der Waals surface area contributed by atoms with Crippen LogP contribution in [0.5, 0.6) is 0 Å². The molecule has 1 atom stereocenters. The van der Waals surface area contributed by atoms with Crippen LogP contribution in [0.1, 0.15) is 27.8 Å². The number of nitrogens with two attached hydrogens (primary N) is 1. The van der Waals surface area contributed by atoms with Crippen molar-refractivity contribution in [3.8, 4) is 0 Å². The van der Waals surface area contributed by atoms with Crippen LogP contribution in [-0.2, 0) is 10.9 Å². The molecule has 0 aliphatic carbocycles. The zero-order valence-electron chi connectivity index (χ0n) is 8.78. The van der Waals surface area contributed by atoms with Gasteiger partial charge in [-0.25, -0.2) is 0 Å². The number of primary amides is 1. The van der Waals surface area contributed by atoms with Crippen LogP contribution in [-0.4, -0.2) is 18.1 Å². The van der Waals surface area contributed by atoms with E-state index in [1.807, 2.05) is 0 Å². The summed E-state index contributed by atoms with van der Waals surface area (Å²) in [4.78, 5) is 10.9. The molecule has 0 aliphatic heterocycles. The van der Waals surface area contributed by atoms with Gasteiger partial charge in [-0.05, 0) is 18.2 Å². The minimum absolute atomic E-state index is 0.184. The van der Waals surface area contributed by atoms with Crippen LogP contribution in [0.25, 0.3) is 0 Å². The lowest BCUT2D eigenvalue weighted by atomic mass is 10.0. The van der Waals surface area contributed by atoms with Crippen molar-refractivity contribution in [1.82, 2.24) is 0 Å². The predicted molar refractivity (Wildman–Crippen MR) is 51.9 cm³/mol. The second-order valence-electron chi connectivity index (χ2n) is 3.29. The lowest BCUT2D eigenvalue weighted by Gasteiger charge is -2.13. The number of aliphatic hydroxyl groups excluding tert-OH is 1. The van der Waals surface area contributed by atoms with Crippen LogP contribution >= 0.6 is 0 Å². The van der Waals surface area contributed by atoms with Gasteiger partial charge < -0.3 is 15.6 Å². The van der Waals surface area contributed by atoms with Crippen molar-refractivity contribution in [3.63, 3.8) is 0 Å². The van der Waals surface area contributed by atoms with Crippen LogP contribution in [0.2, 0.25) is 0 Å². The van der Waals surface area contributed by atoms with Crippen LogP contribution in [0.4, 0.5) is 13.2 Å². The zero-order valence-corrected chi connectivity index (χ0v) is 8.78. The van der Waals surface area contributed by atoms with Gasteiger partial charge in [0.1, 0.15) is 0 Å². The van der Waals surface area contributed by atoms with Gasteiger partial charge in [-0.2, -0.15) is 13.2 Å². The maximum Gasteiger partial charge on any atom is 0.416 e. The highest BCUT2D eigenvalue weighted by molar-refractivity contribution is 5.93. The lowest BCUT2D eigenvalue weighted by Crippen LogP contribution is -2.15. The number of rotatable bonds is 3. The third kappa shape index (κ3) is 3.18. The lowest BCUT2D eigenvalue weighted by molar-refractivity contribution is -0.138. The SMILES string of the molecule is COC(O)c1cc(C(N)=O)cc(C(F)(F)F)c1. The van der Waals surface area contributed by atoms with Gasteiger partial charge in [0.25, 0.3) is 0 Å². The Kier molecular flexibility index (Phi) is 3.74. The maximum atomic E-state index is 12.5. The first-order valence-electron chi connectivity index (χ1n) is 4.48. The molecular weight excluding hydrogens is 239 g/mol. The number of ether oxygens (including phenoxy) is 1. The van der Waals surface area contributed by atoms with E-state index in [1.165, 1.54) is 0 Å². The van der Waals surface area contributed by atoms with E-state index in [9.17, 15) is 23.1 Å². The molecule has 0 saturated carbocycles. The normalized spacial score (nSPS) is 13.5. The van der Waals surface area contributed by atoms with E-state index < -0.39 is 23.9 Å². The number of carbonyl (C=O) groups excluding carboxylic acids is 1. The number of aliphatic hydroxyl groups is 1. The Hall–Kier alpha value is -1.60. The van der Waals surface area contributed by atoms with Crippen molar-refractivity contribution in [3.05, 3.63) is 34.9 Å². The van der Waals surface area contributed by atoms with Crippen molar-refractivity contribution in [2.75, 3.05) is 7.11 Å². The molecule has 0 radical (unpaired) electrons. The van der Waals surface area contributed by atoms with Gasteiger partial charge in [-0.1, -0.05) is 0 Å². The van der Waals surface area contributed by atoms with Gasteiger partial charge in [-0.3, -0.25) is 4.79 Å². The van der Waals surface area contributed by atoms with E-state index in [0.29, 0.717) is 12.1 Å². The molecule has 1 aromatic rings. The fourth-order valence-corrected chi connectivity index (χ4v) is 1.24. The third-order valence-electron chi connectivity index (χ3n) is 2.08. The molecule has 0 fully saturated rings. The largest absolute Gasteiger partial charge is 0.416 e. The Balaban J connectivity index is 3.34. The van der Waals surface area contributed by atoms with Gasteiger partial charge in [0.2, 0.25) is 5.91 Å². The number of methoxy groups -OCH3 is 1. The first kappa shape index (κ1) is 13.5. The van der Waals surface area contributed by atoms with Crippen LogP contribution in [0.3, 0.4) is 0 Å². The summed E-state index contributed by atoms with van der Waals surface area (Å²) in [6.45, 7) is 0. The minimum Gasteiger partial charge on any atom is -0.366 e. The second-order valence-corrected chi connectivity index (χ2v) is 3.29. The molecule has 3 N–H and O–H groups in total. The predicted octanol–water partition coefficient (Wildman–Crippen LogP) is 1.44. The van der Waals surface area contributed by atoms with Crippen molar-refractivity contribution in [2.24, 2.45) is 5.73 Å². The monoisotopic (exact) mass is 249 g/mol. The third-order valence-corrected chi connectivity index (χ3v) is 2.08. The summed E-state index contributed by atoms with van der Waals surface area (Å²) in [6, 6.07) is 2.36. The molecule has 0 heterocycles. The number of amides is 1. The molecule has 7 heteroatoms. The first-order chi connectivity index (χ1) is 7.75. The van der Waals surface area contributed by atoms with E-state index in [4.69, 9.17) is 5.73 Å². The molecule has 1 unspecified atom stereocenters. The molecule has 17 heavy (non-hydrogen) atoms. The molecule has 1 amide bonds. The molecule has 0 aliphatic rings. The Morgan fingerprint density at radius 2 is 2.00 bits per heavy atom. The number of hydrogen-bond acceptors (Lipinski definition) is 3. The summed E-state index contributed by atoms with van der Waals surface area (Å²) in [6.07, 6.45) is -6.18. The molecule has 0 spiro atoms. The summed E-state index contributed by atoms with van der Waals surface area (Å²) < 4.78 is 42.0. The maximum absolute atomic E-state index is 12.5. The molecule has 1 rings (SSSR count). The topological polar surface area (TPSA) is 72.6 Å². The second kappa shape index (κ2) is 4.72. The van der Waals surface area contributed by atoms with Gasteiger partial charge in [0.15, 0.2) is 6.29 Å². The van der Waals surface area contributed by atoms with Crippen molar-refractivity contribution in [1.29, 1.82) is 0 Å². The number of hydrogen-bond donors (Lipinski definition) is 2. The molecule has 0 saturated heterocycles. The Morgan fingerprint density at radius 1 is 1.41 bits per heavy atom. The summed E-state index contributed by atoms with van der Waals surface area (Å²) in [5.74, 6) is -1.01. The minimum atomic E-state index is -4.63. The number of alkyl halides is 3. The van der Waals surface area contributed by atoms with E-state index in [2.05, 4.69) is 4.74 Å². The van der Waals surface area contributed by atoms with E-state index >= 15 is 0 Å². The van der Waals surface area contributed by atoms with E-state index in [0.717, 1.165) is 13.2 Å².